The first kappa shape index (κ1) is 20.3. The smallest absolute Gasteiger partial charge is 0.306 e. The summed E-state index contributed by atoms with van der Waals surface area (Å²) in [5, 5.41) is 11.3. The van der Waals surface area contributed by atoms with Crippen molar-refractivity contribution in [3.05, 3.63) is 0 Å². The molecule has 2 aliphatic carbocycles. The zero-order valence-corrected chi connectivity index (χ0v) is 18.2. The molecule has 3 fully saturated rings. The van der Waals surface area contributed by atoms with Crippen molar-refractivity contribution in [2.24, 2.45) is 5.41 Å². The van der Waals surface area contributed by atoms with E-state index in [4.69, 9.17) is 18.6 Å². The lowest BCUT2D eigenvalue weighted by Gasteiger charge is -2.42. The molecule has 2 saturated carbocycles. The third-order valence-electron chi connectivity index (χ3n) is 7.03. The molecule has 0 spiro atoms. The molecular weight excluding hydrogens is 352 g/mol. The highest BCUT2D eigenvalue weighted by molar-refractivity contribution is 6.74. The second-order valence-corrected chi connectivity index (χ2v) is 14.6. The number of fused-ring (bicyclic) bond motifs is 3. The number of hydrogen-bond donors (Lipinski definition) is 1. The molecule has 150 valence electrons. The Morgan fingerprint density at radius 3 is 2.50 bits per heavy atom. The normalized spacial score (nSPS) is 41.7. The van der Waals surface area contributed by atoms with E-state index in [2.05, 4.69) is 33.9 Å². The van der Waals surface area contributed by atoms with Crippen molar-refractivity contribution < 1.29 is 28.5 Å². The topological polar surface area (TPSA) is 74.2 Å². The monoisotopic (exact) mass is 386 g/mol. The quantitative estimate of drug-likeness (QED) is 0.559. The highest BCUT2D eigenvalue weighted by Gasteiger charge is 2.85. The first-order valence-corrected chi connectivity index (χ1v) is 12.5. The van der Waals surface area contributed by atoms with E-state index in [1.807, 2.05) is 6.92 Å². The predicted molar refractivity (Wildman–Crippen MR) is 99.2 cm³/mol. The first-order chi connectivity index (χ1) is 11.8. The molecule has 0 bridgehead atoms. The van der Waals surface area contributed by atoms with Gasteiger partial charge in [-0.1, -0.05) is 20.8 Å². The van der Waals surface area contributed by atoms with E-state index in [0.717, 1.165) is 6.42 Å². The molecule has 3 aliphatic rings. The summed E-state index contributed by atoms with van der Waals surface area (Å²) >= 11 is 0. The molecule has 1 unspecified atom stereocenters. The molecule has 6 nitrogen and oxygen atoms in total. The molecule has 0 aromatic heterocycles. The maximum absolute atomic E-state index is 12.3. The van der Waals surface area contributed by atoms with E-state index in [1.165, 1.54) is 0 Å². The van der Waals surface area contributed by atoms with E-state index < -0.39 is 37.3 Å². The van der Waals surface area contributed by atoms with Crippen LogP contribution in [0.2, 0.25) is 18.1 Å². The standard InChI is InChI=1S/C19H34O6Si/c1-8-23-13(20)9-17-11-18(21)10-14(22-5)24-15(18)19(17,12-17)25-26(6,7)16(2,3)4/h14-15,21H,8-12H2,1-7H3/t14-,15?,17-,18+,19+/m0/s1. The van der Waals surface area contributed by atoms with E-state index in [1.54, 1.807) is 7.11 Å². The molecule has 0 aromatic carbocycles. The molecule has 3 rings (SSSR count). The van der Waals surface area contributed by atoms with Gasteiger partial charge in [0.1, 0.15) is 6.10 Å². The number of hydrogen-bond acceptors (Lipinski definition) is 6. The molecule has 0 radical (unpaired) electrons. The van der Waals surface area contributed by atoms with Crippen LogP contribution in [-0.2, 0) is 23.4 Å². The van der Waals surface area contributed by atoms with Crippen molar-refractivity contribution in [3.63, 3.8) is 0 Å². The van der Waals surface area contributed by atoms with Gasteiger partial charge in [0.05, 0.1) is 24.2 Å². The molecule has 1 aliphatic heterocycles. The first-order valence-electron chi connectivity index (χ1n) is 9.61. The van der Waals surface area contributed by atoms with Gasteiger partial charge in [0.25, 0.3) is 0 Å². The Kier molecular flexibility index (Phi) is 4.68. The van der Waals surface area contributed by atoms with Crippen molar-refractivity contribution >= 4 is 14.3 Å². The van der Waals surface area contributed by atoms with E-state index in [0.29, 0.717) is 19.4 Å². The molecule has 1 heterocycles. The van der Waals surface area contributed by atoms with Crippen molar-refractivity contribution in [2.75, 3.05) is 13.7 Å². The number of methoxy groups -OCH3 is 1. The van der Waals surface area contributed by atoms with Crippen LogP contribution in [0.4, 0.5) is 0 Å². The summed E-state index contributed by atoms with van der Waals surface area (Å²) in [6.45, 7) is 13.2. The number of aliphatic hydroxyl groups is 1. The summed E-state index contributed by atoms with van der Waals surface area (Å²) in [5.74, 6) is -0.222. The highest BCUT2D eigenvalue weighted by Crippen LogP contribution is 2.76. The van der Waals surface area contributed by atoms with Crippen LogP contribution in [0, 0.1) is 5.41 Å². The summed E-state index contributed by atoms with van der Waals surface area (Å²) in [7, 11) is -0.534. The number of carbonyl (C=O) groups excluding carboxylic acids is 1. The third-order valence-corrected chi connectivity index (χ3v) is 11.5. The van der Waals surface area contributed by atoms with Crippen LogP contribution in [0.25, 0.3) is 0 Å². The van der Waals surface area contributed by atoms with E-state index in [-0.39, 0.29) is 17.4 Å². The van der Waals surface area contributed by atoms with Crippen LogP contribution in [0.15, 0.2) is 0 Å². The van der Waals surface area contributed by atoms with E-state index >= 15 is 0 Å². The summed E-state index contributed by atoms with van der Waals surface area (Å²) in [6, 6.07) is 0. The Hall–Kier alpha value is -0.473. The third kappa shape index (κ3) is 2.87. The van der Waals surface area contributed by atoms with Crippen LogP contribution >= 0.6 is 0 Å². The number of esters is 1. The molecule has 7 heteroatoms. The van der Waals surface area contributed by atoms with Gasteiger partial charge in [0, 0.05) is 18.9 Å². The van der Waals surface area contributed by atoms with Crippen molar-refractivity contribution in [1.29, 1.82) is 0 Å². The van der Waals surface area contributed by atoms with Crippen LogP contribution in [0.1, 0.15) is 53.4 Å². The van der Waals surface area contributed by atoms with Crippen LogP contribution < -0.4 is 0 Å². The van der Waals surface area contributed by atoms with Crippen LogP contribution in [0.5, 0.6) is 0 Å². The Morgan fingerprint density at radius 1 is 1.31 bits per heavy atom. The largest absolute Gasteiger partial charge is 0.466 e. The minimum atomic E-state index is -2.13. The fourth-order valence-electron chi connectivity index (χ4n) is 4.77. The Labute approximate surface area is 157 Å². The van der Waals surface area contributed by atoms with Gasteiger partial charge >= 0.3 is 5.97 Å². The molecule has 1 saturated heterocycles. The molecule has 0 aromatic rings. The fraction of sp³-hybridized carbons (Fsp3) is 0.947. The van der Waals surface area contributed by atoms with Crippen molar-refractivity contribution in [1.82, 2.24) is 0 Å². The summed E-state index contributed by atoms with van der Waals surface area (Å²) in [5.41, 5.74) is -2.02. The Balaban J connectivity index is 1.92. The minimum Gasteiger partial charge on any atom is -0.466 e. The van der Waals surface area contributed by atoms with Gasteiger partial charge in [-0.2, -0.15) is 0 Å². The maximum atomic E-state index is 12.3. The SMILES string of the molecule is CCOC(=O)C[C@@]12C[C@]3(O)C[C@@H](OC)OC3[C@]1(O[Si](C)(C)C(C)(C)C)C2. The van der Waals surface area contributed by atoms with E-state index in [9.17, 15) is 9.90 Å². The molecule has 1 N–H and O–H groups in total. The zero-order valence-electron chi connectivity index (χ0n) is 17.2. The fourth-order valence-corrected chi connectivity index (χ4v) is 6.38. The van der Waals surface area contributed by atoms with Crippen LogP contribution in [0.3, 0.4) is 0 Å². The van der Waals surface area contributed by atoms with Gasteiger partial charge in [-0.05, 0) is 37.9 Å². The molecule has 0 amide bonds. The number of carbonyl (C=O) groups is 1. The number of ether oxygens (including phenoxy) is 3. The summed E-state index contributed by atoms with van der Waals surface area (Å²) < 4.78 is 23.5. The lowest BCUT2D eigenvalue weighted by molar-refractivity contribution is -0.155. The van der Waals surface area contributed by atoms with Gasteiger partial charge in [0.2, 0.25) is 0 Å². The average molecular weight is 387 g/mol. The maximum Gasteiger partial charge on any atom is 0.306 e. The molecule has 5 atom stereocenters. The molecular formula is C19H34O6Si. The second kappa shape index (κ2) is 6.01. The van der Waals surface area contributed by atoms with Gasteiger partial charge < -0.3 is 23.7 Å². The summed E-state index contributed by atoms with van der Waals surface area (Å²) in [4.78, 5) is 12.3. The average Bonchev–Trinajstić information content (AvgIpc) is 2.81. The van der Waals surface area contributed by atoms with Gasteiger partial charge in [-0.25, -0.2) is 0 Å². The lowest BCUT2D eigenvalue weighted by atomic mass is 9.89. The minimum absolute atomic E-state index is 0.0278. The van der Waals surface area contributed by atoms with Crippen molar-refractivity contribution in [3.8, 4) is 0 Å². The number of rotatable bonds is 6. The lowest BCUT2D eigenvalue weighted by Crippen LogP contribution is -2.52. The van der Waals surface area contributed by atoms with Crippen molar-refractivity contribution in [2.45, 2.75) is 95.1 Å². The predicted octanol–water partition coefficient (Wildman–Crippen LogP) is 2.99. The highest BCUT2D eigenvalue weighted by atomic mass is 28.4. The molecule has 26 heavy (non-hydrogen) atoms. The van der Waals surface area contributed by atoms with Crippen LogP contribution in [-0.4, -0.2) is 56.7 Å². The summed E-state index contributed by atoms with van der Waals surface area (Å²) in [6.07, 6.45) is 1.04. The van der Waals surface area contributed by atoms with Gasteiger partial charge in [-0.3, -0.25) is 4.79 Å². The zero-order chi connectivity index (χ0) is 19.6. The second-order valence-electron chi connectivity index (χ2n) is 9.86. The Morgan fingerprint density at radius 2 is 1.96 bits per heavy atom. The van der Waals surface area contributed by atoms with Gasteiger partial charge in [-0.15, -0.1) is 0 Å². The Bertz CT molecular complexity index is 587. The van der Waals surface area contributed by atoms with Gasteiger partial charge in [0.15, 0.2) is 14.6 Å².